The topological polar surface area (TPSA) is 42.7 Å². The first-order valence-electron chi connectivity index (χ1n) is 7.34. The summed E-state index contributed by atoms with van der Waals surface area (Å²) >= 11 is 0. The Labute approximate surface area is 118 Å². The summed E-state index contributed by atoms with van der Waals surface area (Å²) in [5, 5.41) is 7.88. The van der Waals surface area contributed by atoms with Gasteiger partial charge in [-0.2, -0.15) is 5.10 Å². The van der Waals surface area contributed by atoms with Crippen LogP contribution in [0.4, 0.5) is 0 Å². The van der Waals surface area contributed by atoms with Crippen molar-refractivity contribution in [3.8, 4) is 0 Å². The lowest BCUT2D eigenvalue weighted by atomic mass is 9.91. The zero-order valence-electron chi connectivity index (χ0n) is 13.6. The van der Waals surface area contributed by atoms with Crippen molar-refractivity contribution in [2.75, 3.05) is 6.54 Å². The van der Waals surface area contributed by atoms with Crippen LogP contribution >= 0.6 is 0 Å². The molecule has 0 fully saturated rings. The van der Waals surface area contributed by atoms with E-state index in [1.807, 2.05) is 4.68 Å². The summed E-state index contributed by atoms with van der Waals surface area (Å²) in [6, 6.07) is 0.382. The SMILES string of the molecule is CC(CNC(C)(C)C)C(C)Cc1ncnn1C(C)C. The Morgan fingerprint density at radius 3 is 2.32 bits per heavy atom. The fourth-order valence-electron chi connectivity index (χ4n) is 2.01. The monoisotopic (exact) mass is 266 g/mol. The molecule has 19 heavy (non-hydrogen) atoms. The second-order valence-electron chi connectivity index (χ2n) is 7.00. The highest BCUT2D eigenvalue weighted by atomic mass is 15.3. The van der Waals surface area contributed by atoms with Crippen molar-refractivity contribution in [2.24, 2.45) is 11.8 Å². The van der Waals surface area contributed by atoms with Crippen LogP contribution in [-0.2, 0) is 6.42 Å². The number of rotatable bonds is 6. The lowest BCUT2D eigenvalue weighted by Crippen LogP contribution is -2.40. The molecule has 1 N–H and O–H groups in total. The Bertz CT molecular complexity index is 376. The lowest BCUT2D eigenvalue weighted by molar-refractivity contribution is 0.310. The largest absolute Gasteiger partial charge is 0.312 e. The van der Waals surface area contributed by atoms with Crippen molar-refractivity contribution in [3.05, 3.63) is 12.2 Å². The molecule has 0 bridgehead atoms. The smallest absolute Gasteiger partial charge is 0.138 e. The van der Waals surface area contributed by atoms with Gasteiger partial charge in [0, 0.05) is 18.0 Å². The van der Waals surface area contributed by atoms with Gasteiger partial charge in [0.2, 0.25) is 0 Å². The van der Waals surface area contributed by atoms with Crippen LogP contribution < -0.4 is 5.32 Å². The summed E-state index contributed by atoms with van der Waals surface area (Å²) in [5.74, 6) is 2.32. The van der Waals surface area contributed by atoms with Gasteiger partial charge in [-0.1, -0.05) is 13.8 Å². The summed E-state index contributed by atoms with van der Waals surface area (Å²) in [6.45, 7) is 16.6. The molecule has 110 valence electrons. The minimum atomic E-state index is 0.186. The molecule has 2 atom stereocenters. The maximum atomic E-state index is 4.40. The Hall–Kier alpha value is -0.900. The van der Waals surface area contributed by atoms with Crippen LogP contribution in [0.3, 0.4) is 0 Å². The molecule has 4 nitrogen and oxygen atoms in total. The molecule has 4 heteroatoms. The van der Waals surface area contributed by atoms with E-state index in [0.29, 0.717) is 17.9 Å². The summed E-state index contributed by atoms with van der Waals surface area (Å²) in [5.41, 5.74) is 0.186. The lowest BCUT2D eigenvalue weighted by Gasteiger charge is -2.26. The summed E-state index contributed by atoms with van der Waals surface area (Å²) in [7, 11) is 0. The minimum absolute atomic E-state index is 0.186. The zero-order chi connectivity index (χ0) is 14.6. The average Bonchev–Trinajstić information content (AvgIpc) is 2.72. The molecule has 0 spiro atoms. The van der Waals surface area contributed by atoms with E-state index >= 15 is 0 Å². The van der Waals surface area contributed by atoms with E-state index in [0.717, 1.165) is 18.8 Å². The first-order chi connectivity index (χ1) is 8.70. The summed E-state index contributed by atoms with van der Waals surface area (Å²) in [4.78, 5) is 4.40. The Balaban J connectivity index is 2.54. The molecule has 0 saturated carbocycles. The van der Waals surface area contributed by atoms with E-state index in [-0.39, 0.29) is 5.54 Å². The standard InChI is InChI=1S/C15H30N4/c1-11(2)19-14(16-10-18-19)8-12(3)13(4)9-17-15(5,6)7/h10-13,17H,8-9H2,1-7H3. The summed E-state index contributed by atoms with van der Waals surface area (Å²) < 4.78 is 2.03. The first kappa shape index (κ1) is 16.2. The normalized spacial score (nSPS) is 15.8. The number of aromatic nitrogens is 3. The number of nitrogens with one attached hydrogen (secondary N) is 1. The maximum absolute atomic E-state index is 4.40. The fraction of sp³-hybridized carbons (Fsp3) is 0.867. The number of nitrogens with zero attached hydrogens (tertiary/aromatic N) is 3. The molecule has 0 saturated heterocycles. The number of hydrogen-bond acceptors (Lipinski definition) is 3. The third kappa shape index (κ3) is 5.31. The van der Waals surface area contributed by atoms with Gasteiger partial charge >= 0.3 is 0 Å². The van der Waals surface area contributed by atoms with Gasteiger partial charge in [0.25, 0.3) is 0 Å². The van der Waals surface area contributed by atoms with Gasteiger partial charge in [-0.05, 0) is 53.0 Å². The van der Waals surface area contributed by atoms with Crippen molar-refractivity contribution >= 4 is 0 Å². The number of hydrogen-bond donors (Lipinski definition) is 1. The van der Waals surface area contributed by atoms with Gasteiger partial charge in [0.1, 0.15) is 12.2 Å². The minimum Gasteiger partial charge on any atom is -0.312 e. The van der Waals surface area contributed by atoms with Gasteiger partial charge in [0.15, 0.2) is 0 Å². The van der Waals surface area contributed by atoms with Crippen molar-refractivity contribution in [2.45, 2.75) is 66.5 Å². The molecular weight excluding hydrogens is 236 g/mol. The Morgan fingerprint density at radius 1 is 1.16 bits per heavy atom. The van der Waals surface area contributed by atoms with Crippen molar-refractivity contribution < 1.29 is 0 Å². The third-order valence-electron chi connectivity index (χ3n) is 3.57. The Morgan fingerprint density at radius 2 is 1.79 bits per heavy atom. The van der Waals surface area contributed by atoms with Gasteiger partial charge in [-0.25, -0.2) is 9.67 Å². The zero-order valence-corrected chi connectivity index (χ0v) is 13.6. The van der Waals surface area contributed by atoms with Crippen LogP contribution in [0.1, 0.15) is 60.3 Å². The predicted molar refractivity (Wildman–Crippen MR) is 80.2 cm³/mol. The molecule has 1 aromatic rings. The molecule has 0 aliphatic carbocycles. The molecule has 0 aliphatic heterocycles. The van der Waals surface area contributed by atoms with Crippen LogP contribution in [0.15, 0.2) is 6.33 Å². The van der Waals surface area contributed by atoms with Crippen LogP contribution in [0.25, 0.3) is 0 Å². The first-order valence-corrected chi connectivity index (χ1v) is 7.34. The second-order valence-corrected chi connectivity index (χ2v) is 7.00. The van der Waals surface area contributed by atoms with Crippen molar-refractivity contribution in [1.29, 1.82) is 0 Å². The fourth-order valence-corrected chi connectivity index (χ4v) is 2.01. The van der Waals surface area contributed by atoms with E-state index in [2.05, 4.69) is 63.9 Å². The Kier molecular flexibility index (Phi) is 5.53. The molecule has 1 heterocycles. The van der Waals surface area contributed by atoms with Gasteiger partial charge in [0.05, 0.1) is 0 Å². The van der Waals surface area contributed by atoms with E-state index in [9.17, 15) is 0 Å². The van der Waals surface area contributed by atoms with Gasteiger partial charge in [-0.15, -0.1) is 0 Å². The second kappa shape index (κ2) is 6.51. The predicted octanol–water partition coefficient (Wildman–Crippen LogP) is 3.06. The maximum Gasteiger partial charge on any atom is 0.138 e. The quantitative estimate of drug-likeness (QED) is 0.860. The van der Waals surface area contributed by atoms with E-state index in [1.165, 1.54) is 0 Å². The van der Waals surface area contributed by atoms with E-state index in [1.54, 1.807) is 6.33 Å². The average molecular weight is 266 g/mol. The highest BCUT2D eigenvalue weighted by molar-refractivity contribution is 4.89. The molecule has 0 amide bonds. The van der Waals surface area contributed by atoms with Gasteiger partial charge < -0.3 is 5.32 Å². The highest BCUT2D eigenvalue weighted by Crippen LogP contribution is 2.17. The molecule has 0 aromatic carbocycles. The molecule has 0 radical (unpaired) electrons. The van der Waals surface area contributed by atoms with E-state index < -0.39 is 0 Å². The van der Waals surface area contributed by atoms with Crippen molar-refractivity contribution in [3.63, 3.8) is 0 Å². The third-order valence-corrected chi connectivity index (χ3v) is 3.57. The highest BCUT2D eigenvalue weighted by Gasteiger charge is 2.19. The molecule has 2 unspecified atom stereocenters. The van der Waals surface area contributed by atoms with Crippen LogP contribution in [0.5, 0.6) is 0 Å². The molecule has 1 aromatic heterocycles. The van der Waals surface area contributed by atoms with E-state index in [4.69, 9.17) is 0 Å². The van der Waals surface area contributed by atoms with Crippen molar-refractivity contribution in [1.82, 2.24) is 20.1 Å². The molecular formula is C15H30N4. The van der Waals surface area contributed by atoms with Crippen LogP contribution in [-0.4, -0.2) is 26.8 Å². The summed E-state index contributed by atoms with van der Waals surface area (Å²) in [6.07, 6.45) is 2.66. The van der Waals surface area contributed by atoms with Gasteiger partial charge in [-0.3, -0.25) is 0 Å². The van der Waals surface area contributed by atoms with Crippen LogP contribution in [0.2, 0.25) is 0 Å². The molecule has 0 aliphatic rings. The van der Waals surface area contributed by atoms with Crippen LogP contribution in [0, 0.1) is 11.8 Å². The molecule has 1 rings (SSSR count).